The van der Waals surface area contributed by atoms with Gasteiger partial charge >= 0.3 is 0 Å². The Hall–Kier alpha value is -2.95. The molecule has 0 N–H and O–H groups in total. The minimum atomic E-state index is 0.0193. The van der Waals surface area contributed by atoms with Crippen LogP contribution in [-0.4, -0.2) is 27.5 Å². The first-order valence-electron chi connectivity index (χ1n) is 11.6. The third-order valence-corrected chi connectivity index (χ3v) is 6.83. The summed E-state index contributed by atoms with van der Waals surface area (Å²) in [4.78, 5) is 20.5. The number of rotatable bonds is 6. The zero-order valence-electron chi connectivity index (χ0n) is 18.9. The van der Waals surface area contributed by atoms with Crippen molar-refractivity contribution in [3.63, 3.8) is 0 Å². The highest BCUT2D eigenvalue weighted by Gasteiger charge is 2.12. The van der Waals surface area contributed by atoms with Crippen molar-refractivity contribution in [2.45, 2.75) is 39.3 Å². The van der Waals surface area contributed by atoms with Crippen LogP contribution in [0.25, 0.3) is 22.0 Å². The molecule has 0 radical (unpaired) electrons. The molecule has 0 unspecified atom stereocenters. The Bertz CT molecular complexity index is 1320. The van der Waals surface area contributed by atoms with Crippen molar-refractivity contribution in [1.29, 1.82) is 0 Å². The summed E-state index contributed by atoms with van der Waals surface area (Å²) in [5.41, 5.74) is 5.43. The second kappa shape index (κ2) is 9.50. The van der Waals surface area contributed by atoms with Crippen molar-refractivity contribution >= 4 is 22.5 Å². The van der Waals surface area contributed by atoms with E-state index in [1.165, 1.54) is 37.1 Å². The number of halogens is 1. The van der Waals surface area contributed by atoms with Gasteiger partial charge in [-0.3, -0.25) is 14.3 Å². The van der Waals surface area contributed by atoms with Crippen LogP contribution in [0.5, 0.6) is 0 Å². The molecule has 0 atom stereocenters. The number of fused-ring (bicyclic) bond motifs is 1. The smallest absolute Gasteiger partial charge is 0.261 e. The fraction of sp³-hybridized carbons (Fsp3) is 0.286. The van der Waals surface area contributed by atoms with Crippen LogP contribution in [0.1, 0.15) is 29.8 Å². The highest BCUT2D eigenvalue weighted by Crippen LogP contribution is 2.24. The summed E-state index contributed by atoms with van der Waals surface area (Å²) in [6, 6.07) is 22.4. The van der Waals surface area contributed by atoms with Gasteiger partial charge in [-0.15, -0.1) is 0 Å². The number of nitrogens with zero attached hydrogens (tertiary/aromatic N) is 3. The molecule has 5 heteroatoms. The number of aryl methyl sites for hydroxylation is 2. The Balaban J connectivity index is 1.33. The Morgan fingerprint density at radius 2 is 1.55 bits per heavy atom. The van der Waals surface area contributed by atoms with Gasteiger partial charge in [0.2, 0.25) is 0 Å². The van der Waals surface area contributed by atoms with Crippen molar-refractivity contribution in [3.05, 3.63) is 99.1 Å². The van der Waals surface area contributed by atoms with Crippen LogP contribution in [0.2, 0.25) is 5.02 Å². The van der Waals surface area contributed by atoms with E-state index in [0.717, 1.165) is 35.4 Å². The van der Waals surface area contributed by atoms with Gasteiger partial charge in [-0.2, -0.15) is 0 Å². The first-order valence-corrected chi connectivity index (χ1v) is 12.0. The van der Waals surface area contributed by atoms with Gasteiger partial charge < -0.3 is 0 Å². The van der Waals surface area contributed by atoms with E-state index in [9.17, 15) is 4.79 Å². The Morgan fingerprint density at radius 1 is 0.879 bits per heavy atom. The van der Waals surface area contributed by atoms with Gasteiger partial charge in [0, 0.05) is 18.1 Å². The summed E-state index contributed by atoms with van der Waals surface area (Å²) in [5, 5.41) is 1.36. The number of benzene rings is 3. The van der Waals surface area contributed by atoms with Crippen LogP contribution in [0.4, 0.5) is 0 Å². The van der Waals surface area contributed by atoms with Gasteiger partial charge in [0.1, 0.15) is 5.82 Å². The molecule has 3 aromatic carbocycles. The topological polar surface area (TPSA) is 38.1 Å². The second-order valence-electron chi connectivity index (χ2n) is 8.90. The molecular formula is C28H28ClN3O. The van der Waals surface area contributed by atoms with E-state index in [2.05, 4.69) is 29.2 Å². The maximum atomic E-state index is 13.2. The SMILES string of the molecule is Cc1nc2cc(-c3ccc(Cl)cc3)ccc2c(=O)n1CCc1ccc(CN2CCCC2)cc1. The lowest BCUT2D eigenvalue weighted by atomic mass is 10.0. The molecule has 0 saturated carbocycles. The predicted octanol–water partition coefficient (Wildman–Crippen LogP) is 5.86. The molecule has 33 heavy (non-hydrogen) atoms. The Kier molecular flexibility index (Phi) is 6.30. The molecule has 1 aliphatic rings. The van der Waals surface area contributed by atoms with Crippen LogP contribution in [0.15, 0.2) is 71.5 Å². The maximum absolute atomic E-state index is 13.2. The van der Waals surface area contributed by atoms with E-state index in [4.69, 9.17) is 16.6 Å². The summed E-state index contributed by atoms with van der Waals surface area (Å²) >= 11 is 6.01. The van der Waals surface area contributed by atoms with Crippen LogP contribution < -0.4 is 5.56 Å². The summed E-state index contributed by atoms with van der Waals surface area (Å²) in [6.07, 6.45) is 3.43. The van der Waals surface area contributed by atoms with Gasteiger partial charge in [0.25, 0.3) is 5.56 Å². The average Bonchev–Trinajstić information content (AvgIpc) is 3.33. The second-order valence-corrected chi connectivity index (χ2v) is 9.34. The Labute approximate surface area is 199 Å². The molecule has 4 aromatic rings. The molecule has 2 heterocycles. The predicted molar refractivity (Wildman–Crippen MR) is 136 cm³/mol. The van der Waals surface area contributed by atoms with E-state index in [1.807, 2.05) is 49.4 Å². The van der Waals surface area contributed by atoms with Crippen molar-refractivity contribution in [2.24, 2.45) is 0 Å². The lowest BCUT2D eigenvalue weighted by Gasteiger charge is -2.15. The van der Waals surface area contributed by atoms with Gasteiger partial charge in [-0.25, -0.2) is 4.98 Å². The molecule has 0 spiro atoms. The zero-order chi connectivity index (χ0) is 22.8. The molecule has 1 aromatic heterocycles. The molecule has 1 saturated heterocycles. The lowest BCUT2D eigenvalue weighted by molar-refractivity contribution is 0.331. The fourth-order valence-corrected chi connectivity index (χ4v) is 4.79. The van der Waals surface area contributed by atoms with Gasteiger partial charge in [-0.1, -0.05) is 54.1 Å². The third kappa shape index (κ3) is 4.87. The summed E-state index contributed by atoms with van der Waals surface area (Å²) in [5.74, 6) is 0.742. The normalized spacial score (nSPS) is 14.2. The maximum Gasteiger partial charge on any atom is 0.261 e. The lowest BCUT2D eigenvalue weighted by Crippen LogP contribution is -2.25. The van der Waals surface area contributed by atoms with E-state index in [1.54, 1.807) is 4.57 Å². The highest BCUT2D eigenvalue weighted by molar-refractivity contribution is 6.30. The first kappa shape index (κ1) is 21.9. The number of hydrogen-bond acceptors (Lipinski definition) is 3. The molecule has 1 aliphatic heterocycles. The first-order chi connectivity index (χ1) is 16.1. The number of aromatic nitrogens is 2. The molecule has 0 amide bonds. The molecular weight excluding hydrogens is 430 g/mol. The molecule has 0 aliphatic carbocycles. The van der Waals surface area contributed by atoms with E-state index in [-0.39, 0.29) is 5.56 Å². The molecule has 1 fully saturated rings. The molecule has 0 bridgehead atoms. The summed E-state index contributed by atoms with van der Waals surface area (Å²) in [7, 11) is 0. The fourth-order valence-electron chi connectivity index (χ4n) is 4.67. The minimum absolute atomic E-state index is 0.0193. The molecule has 4 nitrogen and oxygen atoms in total. The van der Waals surface area contributed by atoms with E-state index in [0.29, 0.717) is 17.0 Å². The van der Waals surface area contributed by atoms with Gasteiger partial charge in [-0.05, 0) is 85.8 Å². The molecule has 168 valence electrons. The third-order valence-electron chi connectivity index (χ3n) is 6.58. The van der Waals surface area contributed by atoms with Crippen LogP contribution in [0.3, 0.4) is 0 Å². The van der Waals surface area contributed by atoms with E-state index < -0.39 is 0 Å². The summed E-state index contributed by atoms with van der Waals surface area (Å²) in [6.45, 7) is 5.98. The van der Waals surface area contributed by atoms with Crippen LogP contribution in [0, 0.1) is 6.92 Å². The number of likely N-dealkylation sites (tertiary alicyclic amines) is 1. The van der Waals surface area contributed by atoms with Crippen molar-refractivity contribution in [1.82, 2.24) is 14.5 Å². The average molecular weight is 458 g/mol. The van der Waals surface area contributed by atoms with Crippen molar-refractivity contribution in [2.75, 3.05) is 13.1 Å². The zero-order valence-corrected chi connectivity index (χ0v) is 19.7. The number of hydrogen-bond donors (Lipinski definition) is 0. The van der Waals surface area contributed by atoms with Crippen molar-refractivity contribution in [3.8, 4) is 11.1 Å². The standard InChI is InChI=1S/C28H28ClN3O/c1-20-30-27-18-24(23-8-11-25(29)12-9-23)10-13-26(27)28(33)32(20)17-14-21-4-6-22(7-5-21)19-31-15-2-3-16-31/h4-13,18H,2-3,14-17,19H2,1H3. The van der Waals surface area contributed by atoms with Crippen LogP contribution >= 0.6 is 11.6 Å². The largest absolute Gasteiger partial charge is 0.299 e. The Morgan fingerprint density at radius 3 is 2.27 bits per heavy atom. The quantitative estimate of drug-likeness (QED) is 0.363. The molecule has 5 rings (SSSR count). The monoisotopic (exact) mass is 457 g/mol. The van der Waals surface area contributed by atoms with Gasteiger partial charge in [0.05, 0.1) is 10.9 Å². The summed E-state index contributed by atoms with van der Waals surface area (Å²) < 4.78 is 1.79. The highest BCUT2D eigenvalue weighted by atomic mass is 35.5. The van der Waals surface area contributed by atoms with E-state index >= 15 is 0 Å². The van der Waals surface area contributed by atoms with Crippen molar-refractivity contribution < 1.29 is 0 Å². The van der Waals surface area contributed by atoms with Gasteiger partial charge in [0.15, 0.2) is 0 Å². The van der Waals surface area contributed by atoms with Crippen LogP contribution in [-0.2, 0) is 19.5 Å². The minimum Gasteiger partial charge on any atom is -0.299 e.